The van der Waals surface area contributed by atoms with Crippen LogP contribution in [-0.2, 0) is 6.54 Å². The van der Waals surface area contributed by atoms with E-state index in [9.17, 15) is 0 Å². The third kappa shape index (κ3) is 3.17. The van der Waals surface area contributed by atoms with Crippen LogP contribution in [0.15, 0.2) is 36.5 Å². The van der Waals surface area contributed by atoms with Gasteiger partial charge in [-0.15, -0.1) is 0 Å². The fourth-order valence-corrected chi connectivity index (χ4v) is 2.77. The number of benzene rings is 1. The molecular weight excluding hydrogens is 270 g/mol. The van der Waals surface area contributed by atoms with Gasteiger partial charge in [0.1, 0.15) is 5.82 Å². The van der Waals surface area contributed by atoms with E-state index < -0.39 is 0 Å². The molecule has 0 amide bonds. The zero-order chi connectivity index (χ0) is 13.9. The summed E-state index contributed by atoms with van der Waals surface area (Å²) < 4.78 is 0. The molecule has 1 aromatic heterocycles. The second-order valence-corrected chi connectivity index (χ2v) is 5.83. The van der Waals surface area contributed by atoms with Gasteiger partial charge in [-0.2, -0.15) is 0 Å². The summed E-state index contributed by atoms with van der Waals surface area (Å²) in [5.74, 6) is 1.49. The van der Waals surface area contributed by atoms with E-state index >= 15 is 0 Å². The Kier molecular flexibility index (Phi) is 3.99. The molecule has 3 nitrogen and oxygen atoms in total. The zero-order valence-corrected chi connectivity index (χ0v) is 12.3. The third-order valence-corrected chi connectivity index (χ3v) is 4.14. The Balaban J connectivity index is 1.48. The molecule has 1 N–H and O–H groups in total. The van der Waals surface area contributed by atoms with Gasteiger partial charge < -0.3 is 5.32 Å². The molecule has 2 aromatic rings. The van der Waals surface area contributed by atoms with Crippen molar-refractivity contribution in [1.82, 2.24) is 15.3 Å². The Labute approximate surface area is 124 Å². The fourth-order valence-electron chi connectivity index (χ4n) is 2.64. The van der Waals surface area contributed by atoms with Crippen LogP contribution in [0.1, 0.15) is 35.8 Å². The number of halogens is 1. The van der Waals surface area contributed by atoms with Crippen LogP contribution in [0.4, 0.5) is 0 Å². The third-order valence-electron chi connectivity index (χ3n) is 3.89. The number of hydrogen-bond donors (Lipinski definition) is 1. The monoisotopic (exact) mass is 287 g/mol. The zero-order valence-electron chi connectivity index (χ0n) is 11.5. The highest BCUT2D eigenvalue weighted by Gasteiger charge is 2.29. The summed E-state index contributed by atoms with van der Waals surface area (Å²) in [6.07, 6.45) is 4.19. The molecule has 1 aliphatic carbocycles. The van der Waals surface area contributed by atoms with Gasteiger partial charge in [0.25, 0.3) is 0 Å². The maximum Gasteiger partial charge on any atom is 0.125 e. The van der Waals surface area contributed by atoms with Gasteiger partial charge in [0.05, 0.1) is 5.69 Å². The lowest BCUT2D eigenvalue weighted by Gasteiger charge is -2.36. The molecule has 0 radical (unpaired) electrons. The second-order valence-electron chi connectivity index (χ2n) is 5.39. The van der Waals surface area contributed by atoms with Crippen LogP contribution in [0, 0.1) is 6.92 Å². The van der Waals surface area contributed by atoms with Crippen molar-refractivity contribution >= 4 is 11.6 Å². The largest absolute Gasteiger partial charge is 0.308 e. The minimum atomic E-state index is 0.589. The summed E-state index contributed by atoms with van der Waals surface area (Å²) in [6.45, 7) is 2.74. The van der Waals surface area contributed by atoms with Gasteiger partial charge in [0.15, 0.2) is 0 Å². The van der Waals surface area contributed by atoms with Gasteiger partial charge in [0.2, 0.25) is 0 Å². The van der Waals surface area contributed by atoms with Gasteiger partial charge in [-0.1, -0.05) is 23.7 Å². The van der Waals surface area contributed by atoms with Gasteiger partial charge in [0, 0.05) is 23.8 Å². The maximum absolute atomic E-state index is 5.91. The Morgan fingerprint density at radius 1 is 1.20 bits per heavy atom. The minimum absolute atomic E-state index is 0.589. The Bertz CT molecular complexity index is 577. The predicted octanol–water partition coefficient (Wildman–Crippen LogP) is 3.47. The smallest absolute Gasteiger partial charge is 0.125 e. The molecule has 104 valence electrons. The van der Waals surface area contributed by atoms with Crippen LogP contribution < -0.4 is 5.32 Å². The number of nitrogens with zero attached hydrogens (tertiary/aromatic N) is 2. The first-order chi connectivity index (χ1) is 9.70. The van der Waals surface area contributed by atoms with Crippen LogP contribution in [-0.4, -0.2) is 16.0 Å². The van der Waals surface area contributed by atoms with E-state index in [1.54, 1.807) is 0 Å². The summed E-state index contributed by atoms with van der Waals surface area (Å²) in [4.78, 5) is 8.51. The van der Waals surface area contributed by atoms with Crippen molar-refractivity contribution in [2.24, 2.45) is 0 Å². The maximum atomic E-state index is 5.91. The van der Waals surface area contributed by atoms with Crippen molar-refractivity contribution in [3.05, 3.63) is 58.6 Å². The lowest BCUT2D eigenvalue weighted by Crippen LogP contribution is -2.39. The van der Waals surface area contributed by atoms with Crippen molar-refractivity contribution in [1.29, 1.82) is 0 Å². The van der Waals surface area contributed by atoms with Crippen LogP contribution >= 0.6 is 11.6 Å². The van der Waals surface area contributed by atoms with Crippen molar-refractivity contribution < 1.29 is 0 Å². The first kappa shape index (κ1) is 13.5. The second kappa shape index (κ2) is 5.90. The number of aryl methyl sites for hydroxylation is 1. The predicted molar refractivity (Wildman–Crippen MR) is 80.8 cm³/mol. The first-order valence-corrected chi connectivity index (χ1v) is 7.36. The van der Waals surface area contributed by atoms with Crippen molar-refractivity contribution in [2.45, 2.75) is 38.3 Å². The highest BCUT2D eigenvalue weighted by atomic mass is 35.5. The quantitative estimate of drug-likeness (QED) is 0.935. The number of rotatable bonds is 4. The topological polar surface area (TPSA) is 37.8 Å². The molecule has 0 aliphatic heterocycles. The summed E-state index contributed by atoms with van der Waals surface area (Å²) in [5, 5.41) is 4.36. The highest BCUT2D eigenvalue weighted by Crippen LogP contribution is 2.37. The molecule has 1 aliphatic rings. The normalized spacial score (nSPS) is 21.5. The average Bonchev–Trinajstić information content (AvgIpc) is 2.39. The van der Waals surface area contributed by atoms with E-state index in [1.807, 2.05) is 31.3 Å². The highest BCUT2D eigenvalue weighted by molar-refractivity contribution is 6.30. The van der Waals surface area contributed by atoms with E-state index in [0.717, 1.165) is 23.1 Å². The lowest BCUT2D eigenvalue weighted by molar-refractivity contribution is 0.288. The van der Waals surface area contributed by atoms with Crippen LogP contribution in [0.3, 0.4) is 0 Å². The summed E-state index contributed by atoms with van der Waals surface area (Å²) >= 11 is 5.91. The van der Waals surface area contributed by atoms with Crippen molar-refractivity contribution in [3.63, 3.8) is 0 Å². The van der Waals surface area contributed by atoms with Gasteiger partial charge in [-0.25, -0.2) is 9.97 Å². The molecular formula is C16H18ClN3. The number of hydrogen-bond acceptors (Lipinski definition) is 3. The fraction of sp³-hybridized carbons (Fsp3) is 0.375. The summed E-state index contributed by atoms with van der Waals surface area (Å²) in [5.41, 5.74) is 2.46. The van der Waals surface area contributed by atoms with Gasteiger partial charge in [-0.05, 0) is 49.4 Å². The molecule has 1 heterocycles. The molecule has 3 rings (SSSR count). The average molecular weight is 288 g/mol. The number of aromatic nitrogens is 2. The molecule has 0 saturated heterocycles. The van der Waals surface area contributed by atoms with E-state index in [2.05, 4.69) is 27.4 Å². The first-order valence-electron chi connectivity index (χ1n) is 6.98. The summed E-state index contributed by atoms with van der Waals surface area (Å²) in [7, 11) is 0. The Morgan fingerprint density at radius 2 is 1.95 bits per heavy atom. The molecule has 1 saturated carbocycles. The van der Waals surface area contributed by atoms with Crippen LogP contribution in [0.5, 0.6) is 0 Å². The Hall–Kier alpha value is -1.45. The molecule has 4 heteroatoms. The minimum Gasteiger partial charge on any atom is -0.308 e. The number of nitrogens with one attached hydrogen (secondary N) is 1. The summed E-state index contributed by atoms with van der Waals surface area (Å²) in [6, 6.07) is 10.8. The molecule has 1 aromatic carbocycles. The van der Waals surface area contributed by atoms with Crippen molar-refractivity contribution in [3.8, 4) is 0 Å². The van der Waals surface area contributed by atoms with E-state index in [1.165, 1.54) is 18.4 Å². The van der Waals surface area contributed by atoms with Crippen molar-refractivity contribution in [2.75, 3.05) is 0 Å². The molecule has 0 unspecified atom stereocenters. The van der Waals surface area contributed by atoms with E-state index in [0.29, 0.717) is 12.0 Å². The van der Waals surface area contributed by atoms with Gasteiger partial charge in [-0.3, -0.25) is 0 Å². The molecule has 0 atom stereocenters. The van der Waals surface area contributed by atoms with E-state index in [-0.39, 0.29) is 0 Å². The lowest BCUT2D eigenvalue weighted by atomic mass is 9.76. The molecule has 0 bridgehead atoms. The molecule has 1 fully saturated rings. The molecule has 0 spiro atoms. The van der Waals surface area contributed by atoms with Gasteiger partial charge >= 0.3 is 0 Å². The van der Waals surface area contributed by atoms with Crippen LogP contribution in [0.2, 0.25) is 5.02 Å². The SMILES string of the molecule is Cc1nccc(CNC2CC(c3ccc(Cl)cc3)C2)n1. The molecule has 20 heavy (non-hydrogen) atoms. The van der Waals surface area contributed by atoms with Crippen LogP contribution in [0.25, 0.3) is 0 Å². The van der Waals surface area contributed by atoms with E-state index in [4.69, 9.17) is 11.6 Å². The Morgan fingerprint density at radius 3 is 2.65 bits per heavy atom. The standard InChI is InChI=1S/C16H18ClN3/c1-11-18-7-6-15(20-11)10-19-16-8-13(9-16)12-2-4-14(17)5-3-12/h2-7,13,16,19H,8-10H2,1H3.